The van der Waals surface area contributed by atoms with Crippen LogP contribution in [0.4, 0.5) is 20.2 Å². The quantitative estimate of drug-likeness (QED) is 0.522. The summed E-state index contributed by atoms with van der Waals surface area (Å²) in [6.45, 7) is 1.41. The standard InChI is InChI=1S/C21H17ClF2N2O4S/c1-13(30-15-9-10-18(23)19(24)12-15)21(27)25-14-5-4-6-16(11-14)31(28,29)26-20-8-3-2-7-17(20)22/h2-13,26H,1H3,(H,25,27). The molecule has 0 fully saturated rings. The molecule has 1 atom stereocenters. The predicted molar refractivity (Wildman–Crippen MR) is 114 cm³/mol. The molecule has 0 spiro atoms. The first-order valence-corrected chi connectivity index (χ1v) is 10.8. The summed E-state index contributed by atoms with van der Waals surface area (Å²) < 4.78 is 59.3. The van der Waals surface area contributed by atoms with Gasteiger partial charge in [0.05, 0.1) is 15.6 Å². The highest BCUT2D eigenvalue weighted by atomic mass is 35.5. The number of para-hydroxylation sites is 1. The van der Waals surface area contributed by atoms with Crippen molar-refractivity contribution in [3.63, 3.8) is 0 Å². The SMILES string of the molecule is CC(Oc1ccc(F)c(F)c1)C(=O)Nc1cccc(S(=O)(=O)Nc2ccccc2Cl)c1. The normalized spacial score (nSPS) is 12.1. The van der Waals surface area contributed by atoms with Gasteiger partial charge in [-0.05, 0) is 49.4 Å². The first kappa shape index (κ1) is 22.5. The van der Waals surface area contributed by atoms with Crippen LogP contribution >= 0.6 is 11.6 Å². The van der Waals surface area contributed by atoms with Crippen molar-refractivity contribution < 1.29 is 26.7 Å². The third-order valence-electron chi connectivity index (χ3n) is 4.10. The van der Waals surface area contributed by atoms with Crippen LogP contribution in [-0.4, -0.2) is 20.4 Å². The van der Waals surface area contributed by atoms with E-state index in [4.69, 9.17) is 16.3 Å². The van der Waals surface area contributed by atoms with E-state index in [1.165, 1.54) is 43.3 Å². The average Bonchev–Trinajstić information content (AvgIpc) is 2.72. The summed E-state index contributed by atoms with van der Waals surface area (Å²) in [5.74, 6) is -2.78. The molecule has 0 aromatic heterocycles. The molecule has 0 bridgehead atoms. The molecule has 1 unspecified atom stereocenters. The van der Waals surface area contributed by atoms with Gasteiger partial charge in [0.1, 0.15) is 5.75 Å². The van der Waals surface area contributed by atoms with E-state index in [2.05, 4.69) is 10.0 Å². The average molecular weight is 467 g/mol. The van der Waals surface area contributed by atoms with Crippen LogP contribution < -0.4 is 14.8 Å². The van der Waals surface area contributed by atoms with Crippen molar-refractivity contribution in [1.82, 2.24) is 0 Å². The largest absolute Gasteiger partial charge is 0.481 e. The molecule has 0 aliphatic heterocycles. The second-order valence-electron chi connectivity index (χ2n) is 6.44. The minimum atomic E-state index is -3.97. The van der Waals surface area contributed by atoms with E-state index >= 15 is 0 Å². The van der Waals surface area contributed by atoms with E-state index in [-0.39, 0.29) is 27.0 Å². The van der Waals surface area contributed by atoms with Gasteiger partial charge in [0.15, 0.2) is 17.7 Å². The summed E-state index contributed by atoms with van der Waals surface area (Å²) in [5.41, 5.74) is 0.417. The van der Waals surface area contributed by atoms with E-state index in [0.29, 0.717) is 0 Å². The van der Waals surface area contributed by atoms with Crippen LogP contribution in [0.2, 0.25) is 5.02 Å². The van der Waals surface area contributed by atoms with Crippen molar-refractivity contribution in [2.24, 2.45) is 0 Å². The summed E-state index contributed by atoms with van der Waals surface area (Å²) in [5, 5.41) is 2.76. The molecule has 10 heteroatoms. The lowest BCUT2D eigenvalue weighted by Crippen LogP contribution is -2.30. The third-order valence-corrected chi connectivity index (χ3v) is 5.80. The van der Waals surface area contributed by atoms with Gasteiger partial charge < -0.3 is 10.1 Å². The molecule has 0 heterocycles. The maximum Gasteiger partial charge on any atom is 0.265 e. The van der Waals surface area contributed by atoms with E-state index in [1.54, 1.807) is 18.2 Å². The number of ether oxygens (including phenoxy) is 1. The minimum Gasteiger partial charge on any atom is -0.481 e. The summed E-state index contributed by atoms with van der Waals surface area (Å²) in [4.78, 5) is 12.3. The van der Waals surface area contributed by atoms with Gasteiger partial charge in [-0.3, -0.25) is 9.52 Å². The maximum absolute atomic E-state index is 13.3. The predicted octanol–water partition coefficient (Wildman–Crippen LogP) is 4.83. The number of sulfonamides is 1. The molecular formula is C21H17ClF2N2O4S. The van der Waals surface area contributed by atoms with Crippen molar-refractivity contribution in [1.29, 1.82) is 0 Å². The zero-order chi connectivity index (χ0) is 22.6. The van der Waals surface area contributed by atoms with Gasteiger partial charge in [-0.25, -0.2) is 17.2 Å². The van der Waals surface area contributed by atoms with Gasteiger partial charge in [0, 0.05) is 11.8 Å². The van der Waals surface area contributed by atoms with Crippen LogP contribution in [0.5, 0.6) is 5.75 Å². The summed E-state index contributed by atoms with van der Waals surface area (Å²) >= 11 is 6.00. The number of hydrogen-bond acceptors (Lipinski definition) is 4. The van der Waals surface area contributed by atoms with Gasteiger partial charge in [-0.15, -0.1) is 0 Å². The zero-order valence-corrected chi connectivity index (χ0v) is 17.7. The molecule has 31 heavy (non-hydrogen) atoms. The smallest absolute Gasteiger partial charge is 0.265 e. The van der Waals surface area contributed by atoms with Crippen LogP contribution in [-0.2, 0) is 14.8 Å². The topological polar surface area (TPSA) is 84.5 Å². The lowest BCUT2D eigenvalue weighted by atomic mass is 10.3. The Labute approximate surface area is 182 Å². The van der Waals surface area contributed by atoms with Gasteiger partial charge >= 0.3 is 0 Å². The number of benzene rings is 3. The van der Waals surface area contributed by atoms with Crippen LogP contribution in [0.3, 0.4) is 0 Å². The molecule has 3 aromatic carbocycles. The van der Waals surface area contributed by atoms with Crippen molar-refractivity contribution in [2.75, 3.05) is 10.0 Å². The Kier molecular flexibility index (Phi) is 6.77. The molecule has 1 amide bonds. The molecule has 0 saturated carbocycles. The number of amides is 1. The van der Waals surface area contributed by atoms with Crippen molar-refractivity contribution in [3.05, 3.63) is 83.4 Å². The van der Waals surface area contributed by atoms with Gasteiger partial charge in [0.25, 0.3) is 15.9 Å². The number of carbonyl (C=O) groups excluding carboxylic acids is 1. The highest BCUT2D eigenvalue weighted by molar-refractivity contribution is 7.92. The second-order valence-corrected chi connectivity index (χ2v) is 8.53. The molecular weight excluding hydrogens is 450 g/mol. The zero-order valence-electron chi connectivity index (χ0n) is 16.1. The summed E-state index contributed by atoms with van der Waals surface area (Å²) in [6.07, 6.45) is -1.06. The van der Waals surface area contributed by atoms with Crippen LogP contribution in [0.15, 0.2) is 71.6 Å². The Hall–Kier alpha value is -3.17. The Morgan fingerprint density at radius 1 is 1.00 bits per heavy atom. The highest BCUT2D eigenvalue weighted by Crippen LogP contribution is 2.25. The molecule has 3 rings (SSSR count). The van der Waals surface area contributed by atoms with Crippen LogP contribution in [0.25, 0.3) is 0 Å². The van der Waals surface area contributed by atoms with Crippen molar-refractivity contribution in [2.45, 2.75) is 17.9 Å². The molecule has 0 radical (unpaired) electrons. The number of hydrogen-bond donors (Lipinski definition) is 2. The molecule has 0 saturated heterocycles. The lowest BCUT2D eigenvalue weighted by Gasteiger charge is -2.15. The fourth-order valence-corrected chi connectivity index (χ4v) is 3.90. The first-order valence-electron chi connectivity index (χ1n) is 8.96. The van der Waals surface area contributed by atoms with Crippen LogP contribution in [0, 0.1) is 11.6 Å². The molecule has 0 aliphatic rings. The monoisotopic (exact) mass is 466 g/mol. The van der Waals surface area contributed by atoms with Gasteiger partial charge in [-0.1, -0.05) is 29.8 Å². The Morgan fingerprint density at radius 3 is 2.45 bits per heavy atom. The highest BCUT2D eigenvalue weighted by Gasteiger charge is 2.19. The fourth-order valence-electron chi connectivity index (χ4n) is 2.54. The number of rotatable bonds is 7. The van der Waals surface area contributed by atoms with E-state index < -0.39 is 33.7 Å². The molecule has 2 N–H and O–H groups in total. The first-order chi connectivity index (χ1) is 14.7. The molecule has 6 nitrogen and oxygen atoms in total. The lowest BCUT2D eigenvalue weighted by molar-refractivity contribution is -0.122. The van der Waals surface area contributed by atoms with Crippen molar-refractivity contribution >= 4 is 38.9 Å². The number of nitrogens with one attached hydrogen (secondary N) is 2. The van der Waals surface area contributed by atoms with E-state index in [1.807, 2.05) is 0 Å². The number of halogens is 3. The third kappa shape index (κ3) is 5.71. The number of anilines is 2. The maximum atomic E-state index is 13.3. The Balaban J connectivity index is 1.71. The fraction of sp³-hybridized carbons (Fsp3) is 0.0952. The molecule has 3 aromatic rings. The van der Waals surface area contributed by atoms with Crippen molar-refractivity contribution in [3.8, 4) is 5.75 Å². The summed E-state index contributed by atoms with van der Waals surface area (Å²) in [7, 11) is -3.97. The number of carbonyl (C=O) groups is 1. The summed E-state index contributed by atoms with van der Waals surface area (Å²) in [6, 6.07) is 14.8. The van der Waals surface area contributed by atoms with Gasteiger partial charge in [-0.2, -0.15) is 0 Å². The second kappa shape index (κ2) is 9.32. The Bertz CT molecular complexity index is 1220. The minimum absolute atomic E-state index is 0.0261. The Morgan fingerprint density at radius 2 is 1.74 bits per heavy atom. The van der Waals surface area contributed by atoms with Crippen LogP contribution in [0.1, 0.15) is 6.92 Å². The van der Waals surface area contributed by atoms with E-state index in [9.17, 15) is 22.0 Å². The van der Waals surface area contributed by atoms with Gasteiger partial charge in [0.2, 0.25) is 0 Å². The molecule has 162 valence electrons. The molecule has 0 aliphatic carbocycles. The van der Waals surface area contributed by atoms with E-state index in [0.717, 1.165) is 12.1 Å².